The molecule has 0 atom stereocenters. The summed E-state index contributed by atoms with van der Waals surface area (Å²) in [4.78, 5) is 23.8. The van der Waals surface area contributed by atoms with Crippen LogP contribution >= 0.6 is 22.9 Å². The third-order valence-corrected chi connectivity index (χ3v) is 5.32. The van der Waals surface area contributed by atoms with Crippen LogP contribution in [0.25, 0.3) is 10.2 Å². The zero-order chi connectivity index (χ0) is 18.8. The Bertz CT molecular complexity index is 1090. The molecule has 0 N–H and O–H groups in total. The number of benzene rings is 1. The van der Waals surface area contributed by atoms with E-state index in [1.54, 1.807) is 34.1 Å². The summed E-state index contributed by atoms with van der Waals surface area (Å²) in [6, 6.07) is 12.9. The van der Waals surface area contributed by atoms with Crippen LogP contribution in [-0.2, 0) is 13.1 Å². The van der Waals surface area contributed by atoms with Crippen molar-refractivity contribution in [2.45, 2.75) is 20.0 Å². The molecule has 4 rings (SSSR count). The standard InChI is InChI=1S/C19H16ClN5OS/c1-2-24-10-8-16(23-24)18(26)25(12-14-5-3-4-9-21-14)19-22-15-7-6-13(20)11-17(15)27-19/h3-11H,2,12H2,1H3. The Balaban J connectivity index is 1.75. The van der Waals surface area contributed by atoms with E-state index in [2.05, 4.69) is 15.1 Å². The molecular formula is C19H16ClN5OS. The first-order chi connectivity index (χ1) is 13.1. The summed E-state index contributed by atoms with van der Waals surface area (Å²) in [5.74, 6) is -0.210. The Labute approximate surface area is 165 Å². The Hall–Kier alpha value is -2.77. The van der Waals surface area contributed by atoms with Crippen molar-refractivity contribution in [3.05, 3.63) is 71.3 Å². The van der Waals surface area contributed by atoms with Gasteiger partial charge in [0.1, 0.15) is 0 Å². The van der Waals surface area contributed by atoms with E-state index in [0.717, 1.165) is 15.9 Å². The molecule has 3 aromatic heterocycles. The first kappa shape index (κ1) is 17.6. The Kier molecular flexibility index (Phi) is 4.87. The van der Waals surface area contributed by atoms with Crippen LogP contribution in [0, 0.1) is 0 Å². The normalized spacial score (nSPS) is 11.0. The number of aromatic nitrogens is 4. The molecule has 6 nitrogen and oxygen atoms in total. The van der Waals surface area contributed by atoms with Crippen molar-refractivity contribution in [1.82, 2.24) is 19.7 Å². The van der Waals surface area contributed by atoms with Crippen LogP contribution in [0.1, 0.15) is 23.1 Å². The highest BCUT2D eigenvalue weighted by atomic mass is 35.5. The highest BCUT2D eigenvalue weighted by Crippen LogP contribution is 2.32. The van der Waals surface area contributed by atoms with Crippen LogP contribution in [0.4, 0.5) is 5.13 Å². The molecule has 0 radical (unpaired) electrons. The molecule has 4 aromatic rings. The van der Waals surface area contributed by atoms with Crippen molar-refractivity contribution in [1.29, 1.82) is 0 Å². The summed E-state index contributed by atoms with van der Waals surface area (Å²) in [6.45, 7) is 2.99. The minimum absolute atomic E-state index is 0.210. The maximum atomic E-state index is 13.2. The van der Waals surface area contributed by atoms with Crippen molar-refractivity contribution in [2.24, 2.45) is 0 Å². The van der Waals surface area contributed by atoms with Gasteiger partial charge in [-0.1, -0.05) is 29.0 Å². The molecule has 27 heavy (non-hydrogen) atoms. The van der Waals surface area contributed by atoms with Crippen molar-refractivity contribution in [3.8, 4) is 0 Å². The Morgan fingerprint density at radius 2 is 2.15 bits per heavy atom. The molecule has 1 aromatic carbocycles. The van der Waals surface area contributed by atoms with Gasteiger partial charge in [-0.05, 0) is 43.3 Å². The topological polar surface area (TPSA) is 63.9 Å². The number of pyridine rings is 1. The van der Waals surface area contributed by atoms with E-state index < -0.39 is 0 Å². The van der Waals surface area contributed by atoms with Crippen LogP contribution in [0.15, 0.2) is 54.9 Å². The molecule has 0 spiro atoms. The highest BCUT2D eigenvalue weighted by Gasteiger charge is 2.24. The van der Waals surface area contributed by atoms with E-state index in [1.807, 2.05) is 37.3 Å². The quantitative estimate of drug-likeness (QED) is 0.500. The largest absolute Gasteiger partial charge is 0.280 e. The number of rotatable bonds is 5. The Morgan fingerprint density at radius 1 is 1.26 bits per heavy atom. The predicted octanol–water partition coefficient (Wildman–Crippen LogP) is 4.41. The average molecular weight is 398 g/mol. The van der Waals surface area contributed by atoms with Gasteiger partial charge < -0.3 is 0 Å². The SMILES string of the molecule is CCn1ccc(C(=O)N(Cc2ccccn2)c2nc3ccc(Cl)cc3s2)n1. The van der Waals surface area contributed by atoms with Crippen LogP contribution in [0.5, 0.6) is 0 Å². The van der Waals surface area contributed by atoms with E-state index in [4.69, 9.17) is 11.6 Å². The number of hydrogen-bond acceptors (Lipinski definition) is 5. The van der Waals surface area contributed by atoms with Crippen LogP contribution in [-0.4, -0.2) is 25.7 Å². The van der Waals surface area contributed by atoms with Gasteiger partial charge in [-0.3, -0.25) is 19.4 Å². The van der Waals surface area contributed by atoms with Gasteiger partial charge in [0.05, 0.1) is 22.5 Å². The van der Waals surface area contributed by atoms with Crippen molar-refractivity contribution in [2.75, 3.05) is 4.90 Å². The molecule has 0 saturated carbocycles. The van der Waals surface area contributed by atoms with Gasteiger partial charge in [0.25, 0.3) is 5.91 Å². The monoisotopic (exact) mass is 397 g/mol. The second kappa shape index (κ2) is 7.46. The summed E-state index contributed by atoms with van der Waals surface area (Å²) >= 11 is 7.51. The number of halogens is 1. The lowest BCUT2D eigenvalue weighted by Crippen LogP contribution is -2.31. The third kappa shape index (κ3) is 3.70. The van der Waals surface area contributed by atoms with Gasteiger partial charge >= 0.3 is 0 Å². The van der Waals surface area contributed by atoms with Gasteiger partial charge in [0, 0.05) is 24.0 Å². The summed E-state index contributed by atoms with van der Waals surface area (Å²) in [5, 5.41) is 5.58. The summed E-state index contributed by atoms with van der Waals surface area (Å²) in [5.41, 5.74) is 1.96. The number of anilines is 1. The second-order valence-corrected chi connectivity index (χ2v) is 7.32. The first-order valence-electron chi connectivity index (χ1n) is 8.45. The van der Waals surface area contributed by atoms with Crippen LogP contribution in [0.2, 0.25) is 5.02 Å². The molecule has 0 saturated heterocycles. The number of carbonyl (C=O) groups is 1. The maximum Gasteiger partial charge on any atom is 0.280 e. The number of amides is 1. The van der Waals surface area contributed by atoms with Gasteiger partial charge in [-0.25, -0.2) is 4.98 Å². The van der Waals surface area contributed by atoms with E-state index in [-0.39, 0.29) is 5.91 Å². The molecule has 0 aliphatic rings. The molecule has 8 heteroatoms. The third-order valence-electron chi connectivity index (χ3n) is 4.05. The zero-order valence-electron chi connectivity index (χ0n) is 14.5. The fourth-order valence-electron chi connectivity index (χ4n) is 2.67. The van der Waals surface area contributed by atoms with Crippen molar-refractivity contribution in [3.63, 3.8) is 0 Å². The lowest BCUT2D eigenvalue weighted by atomic mass is 10.3. The molecule has 0 aliphatic heterocycles. The minimum Gasteiger partial charge on any atom is -0.276 e. The lowest BCUT2D eigenvalue weighted by molar-refractivity contribution is 0.0979. The predicted molar refractivity (Wildman–Crippen MR) is 107 cm³/mol. The van der Waals surface area contributed by atoms with Gasteiger partial charge in [-0.2, -0.15) is 5.10 Å². The van der Waals surface area contributed by atoms with Gasteiger partial charge in [-0.15, -0.1) is 0 Å². The zero-order valence-corrected chi connectivity index (χ0v) is 16.1. The summed E-state index contributed by atoms with van der Waals surface area (Å²) < 4.78 is 2.65. The Morgan fingerprint density at radius 3 is 2.89 bits per heavy atom. The number of thiazole rings is 1. The molecule has 0 bridgehead atoms. The second-order valence-electron chi connectivity index (χ2n) is 5.88. The number of nitrogens with zero attached hydrogens (tertiary/aromatic N) is 5. The fourth-order valence-corrected chi connectivity index (χ4v) is 3.91. The number of hydrogen-bond donors (Lipinski definition) is 0. The van der Waals surface area contributed by atoms with E-state index in [0.29, 0.717) is 28.9 Å². The number of fused-ring (bicyclic) bond motifs is 1. The fraction of sp³-hybridized carbons (Fsp3) is 0.158. The van der Waals surface area contributed by atoms with Crippen molar-refractivity contribution < 1.29 is 4.79 Å². The summed E-state index contributed by atoms with van der Waals surface area (Å²) in [7, 11) is 0. The van der Waals surface area contributed by atoms with Crippen LogP contribution in [0.3, 0.4) is 0 Å². The van der Waals surface area contributed by atoms with Crippen LogP contribution < -0.4 is 4.90 Å². The number of carbonyl (C=O) groups excluding carboxylic acids is 1. The number of aryl methyl sites for hydroxylation is 1. The molecule has 3 heterocycles. The molecule has 0 fully saturated rings. The van der Waals surface area contributed by atoms with Gasteiger partial charge in [0.2, 0.25) is 0 Å². The molecule has 136 valence electrons. The summed E-state index contributed by atoms with van der Waals surface area (Å²) in [6.07, 6.45) is 3.51. The van der Waals surface area contributed by atoms with Gasteiger partial charge in [0.15, 0.2) is 10.8 Å². The average Bonchev–Trinajstić information content (AvgIpc) is 3.32. The van der Waals surface area contributed by atoms with E-state index >= 15 is 0 Å². The molecule has 1 amide bonds. The smallest absolute Gasteiger partial charge is 0.276 e. The highest BCUT2D eigenvalue weighted by molar-refractivity contribution is 7.22. The molecule has 0 aliphatic carbocycles. The maximum absolute atomic E-state index is 13.2. The molecular weight excluding hydrogens is 382 g/mol. The van der Waals surface area contributed by atoms with E-state index in [9.17, 15) is 4.79 Å². The van der Waals surface area contributed by atoms with Crippen molar-refractivity contribution >= 4 is 44.2 Å². The lowest BCUT2D eigenvalue weighted by Gasteiger charge is -2.18. The van der Waals surface area contributed by atoms with E-state index in [1.165, 1.54) is 11.3 Å². The minimum atomic E-state index is -0.210. The first-order valence-corrected chi connectivity index (χ1v) is 9.65. The molecule has 0 unspecified atom stereocenters.